The molecule has 5 nitrogen and oxygen atoms in total. The lowest BCUT2D eigenvalue weighted by Gasteiger charge is -2.05. The first kappa shape index (κ1) is 13.6. The van der Waals surface area contributed by atoms with E-state index in [0.29, 0.717) is 22.9 Å². The zero-order chi connectivity index (χ0) is 14.8. The fraction of sp³-hybridized carbons (Fsp3) is 0.133. The standard InChI is InChI=1S/C15H13ClN4O/c1-20-13-6-5-10(8-12(13)19-15(20)16)14(21)18-9-11-4-2-3-7-17-11/h2-8H,9H2,1H3,(H,18,21). The highest BCUT2D eigenvalue weighted by Gasteiger charge is 2.10. The van der Waals surface area contributed by atoms with Gasteiger partial charge in [0.25, 0.3) is 5.91 Å². The summed E-state index contributed by atoms with van der Waals surface area (Å²) in [5.74, 6) is -0.163. The number of benzene rings is 1. The van der Waals surface area contributed by atoms with Gasteiger partial charge in [-0.1, -0.05) is 6.07 Å². The maximum atomic E-state index is 12.1. The molecule has 106 valence electrons. The third-order valence-corrected chi connectivity index (χ3v) is 3.58. The number of imidazole rings is 1. The average molecular weight is 301 g/mol. The van der Waals surface area contributed by atoms with E-state index in [-0.39, 0.29) is 5.91 Å². The summed E-state index contributed by atoms with van der Waals surface area (Å²) in [6, 6.07) is 10.9. The van der Waals surface area contributed by atoms with Gasteiger partial charge in [-0.25, -0.2) is 4.98 Å². The number of aromatic nitrogens is 3. The fourth-order valence-electron chi connectivity index (χ4n) is 2.09. The van der Waals surface area contributed by atoms with Crippen LogP contribution in [0.15, 0.2) is 42.6 Å². The second-order valence-electron chi connectivity index (χ2n) is 4.65. The number of nitrogens with zero attached hydrogens (tertiary/aromatic N) is 3. The van der Waals surface area contributed by atoms with Gasteiger partial charge >= 0.3 is 0 Å². The SMILES string of the molecule is Cn1c(Cl)nc2cc(C(=O)NCc3ccccn3)ccc21. The van der Waals surface area contributed by atoms with E-state index in [0.717, 1.165) is 11.2 Å². The number of aryl methyl sites for hydroxylation is 1. The van der Waals surface area contributed by atoms with E-state index in [9.17, 15) is 4.79 Å². The van der Waals surface area contributed by atoms with Gasteiger partial charge in [0.05, 0.1) is 23.3 Å². The Hall–Kier alpha value is -2.40. The van der Waals surface area contributed by atoms with Crippen molar-refractivity contribution in [1.29, 1.82) is 0 Å². The molecule has 3 aromatic rings. The van der Waals surface area contributed by atoms with Crippen molar-refractivity contribution >= 4 is 28.5 Å². The van der Waals surface area contributed by atoms with E-state index in [4.69, 9.17) is 11.6 Å². The Kier molecular flexibility index (Phi) is 3.58. The van der Waals surface area contributed by atoms with Gasteiger partial charge in [0.2, 0.25) is 5.28 Å². The predicted molar refractivity (Wildman–Crippen MR) is 81.1 cm³/mol. The highest BCUT2D eigenvalue weighted by Crippen LogP contribution is 2.19. The normalized spacial score (nSPS) is 10.8. The lowest BCUT2D eigenvalue weighted by Crippen LogP contribution is -2.23. The molecule has 0 aliphatic rings. The third kappa shape index (κ3) is 2.73. The lowest BCUT2D eigenvalue weighted by atomic mass is 10.2. The zero-order valence-corrected chi connectivity index (χ0v) is 12.1. The van der Waals surface area contributed by atoms with Gasteiger partial charge < -0.3 is 9.88 Å². The number of halogens is 1. The van der Waals surface area contributed by atoms with E-state index in [1.807, 2.05) is 31.3 Å². The summed E-state index contributed by atoms with van der Waals surface area (Å²) in [5, 5.41) is 3.23. The molecular formula is C15H13ClN4O. The number of hydrogen-bond acceptors (Lipinski definition) is 3. The molecule has 1 amide bonds. The summed E-state index contributed by atoms with van der Waals surface area (Å²) >= 11 is 5.97. The highest BCUT2D eigenvalue weighted by atomic mass is 35.5. The van der Waals surface area contributed by atoms with Crippen LogP contribution in [0.25, 0.3) is 11.0 Å². The number of nitrogens with one attached hydrogen (secondary N) is 1. The molecule has 0 bridgehead atoms. The molecule has 2 heterocycles. The molecule has 0 saturated carbocycles. The Bertz CT molecular complexity index is 798. The summed E-state index contributed by atoms with van der Waals surface area (Å²) in [4.78, 5) is 20.5. The average Bonchev–Trinajstić information content (AvgIpc) is 2.80. The van der Waals surface area contributed by atoms with Crippen LogP contribution in [0, 0.1) is 0 Å². The minimum Gasteiger partial charge on any atom is -0.346 e. The fourth-order valence-corrected chi connectivity index (χ4v) is 2.27. The Morgan fingerprint density at radius 1 is 1.33 bits per heavy atom. The Morgan fingerprint density at radius 2 is 2.19 bits per heavy atom. The third-order valence-electron chi connectivity index (χ3n) is 3.24. The van der Waals surface area contributed by atoms with Crippen LogP contribution in [-0.2, 0) is 13.6 Å². The summed E-state index contributed by atoms with van der Waals surface area (Å²) in [5.41, 5.74) is 2.95. The summed E-state index contributed by atoms with van der Waals surface area (Å²) in [6.07, 6.45) is 1.70. The number of rotatable bonds is 3. The second-order valence-corrected chi connectivity index (χ2v) is 4.99. The minimum absolute atomic E-state index is 0.163. The molecule has 0 fully saturated rings. The molecule has 0 unspecified atom stereocenters. The van der Waals surface area contributed by atoms with Crippen molar-refractivity contribution in [3.63, 3.8) is 0 Å². The Labute approximate surface area is 126 Å². The maximum absolute atomic E-state index is 12.1. The molecule has 0 saturated heterocycles. The second kappa shape index (κ2) is 5.54. The Balaban J connectivity index is 1.78. The maximum Gasteiger partial charge on any atom is 0.251 e. The highest BCUT2D eigenvalue weighted by molar-refractivity contribution is 6.29. The molecule has 3 rings (SSSR count). The molecule has 2 aromatic heterocycles. The first-order valence-electron chi connectivity index (χ1n) is 6.45. The molecule has 6 heteroatoms. The van der Waals surface area contributed by atoms with Crippen molar-refractivity contribution in [2.24, 2.45) is 7.05 Å². The van der Waals surface area contributed by atoms with Gasteiger partial charge in [0.1, 0.15) is 0 Å². The van der Waals surface area contributed by atoms with Crippen LogP contribution in [0.2, 0.25) is 5.28 Å². The van der Waals surface area contributed by atoms with Crippen LogP contribution in [0.3, 0.4) is 0 Å². The summed E-state index contributed by atoms with van der Waals surface area (Å²) < 4.78 is 1.77. The van der Waals surface area contributed by atoms with Gasteiger partial charge in [-0.15, -0.1) is 0 Å². The molecule has 0 spiro atoms. The van der Waals surface area contributed by atoms with Crippen LogP contribution in [-0.4, -0.2) is 20.4 Å². The number of fused-ring (bicyclic) bond motifs is 1. The lowest BCUT2D eigenvalue weighted by molar-refractivity contribution is 0.0950. The number of pyridine rings is 1. The first-order valence-corrected chi connectivity index (χ1v) is 6.83. The van der Waals surface area contributed by atoms with Crippen molar-refractivity contribution in [2.75, 3.05) is 0 Å². The van der Waals surface area contributed by atoms with Crippen molar-refractivity contribution in [3.05, 3.63) is 59.1 Å². The van der Waals surface area contributed by atoms with Crippen LogP contribution >= 0.6 is 11.6 Å². The smallest absolute Gasteiger partial charge is 0.251 e. The monoisotopic (exact) mass is 300 g/mol. The van der Waals surface area contributed by atoms with Crippen LogP contribution < -0.4 is 5.32 Å². The molecule has 0 aliphatic heterocycles. The van der Waals surface area contributed by atoms with E-state index >= 15 is 0 Å². The van der Waals surface area contributed by atoms with Crippen LogP contribution in [0.4, 0.5) is 0 Å². The number of carbonyl (C=O) groups is 1. The topological polar surface area (TPSA) is 59.8 Å². The van der Waals surface area contributed by atoms with E-state index in [1.54, 1.807) is 22.9 Å². The Morgan fingerprint density at radius 3 is 2.95 bits per heavy atom. The molecule has 0 aliphatic carbocycles. The quantitative estimate of drug-likeness (QED) is 0.808. The van der Waals surface area contributed by atoms with Crippen molar-refractivity contribution in [1.82, 2.24) is 19.9 Å². The first-order chi connectivity index (χ1) is 10.1. The largest absolute Gasteiger partial charge is 0.346 e. The summed E-state index contributed by atoms with van der Waals surface area (Å²) in [6.45, 7) is 0.390. The van der Waals surface area contributed by atoms with E-state index in [2.05, 4.69) is 15.3 Å². The van der Waals surface area contributed by atoms with E-state index in [1.165, 1.54) is 0 Å². The molecule has 0 radical (unpaired) electrons. The number of amides is 1. The van der Waals surface area contributed by atoms with Crippen molar-refractivity contribution in [3.8, 4) is 0 Å². The predicted octanol–water partition coefficient (Wildman–Crippen LogP) is 2.55. The van der Waals surface area contributed by atoms with Gasteiger partial charge in [-0.05, 0) is 41.9 Å². The molecular weight excluding hydrogens is 288 g/mol. The molecule has 21 heavy (non-hydrogen) atoms. The zero-order valence-electron chi connectivity index (χ0n) is 11.4. The molecule has 0 atom stereocenters. The molecule has 1 N–H and O–H groups in total. The minimum atomic E-state index is -0.163. The van der Waals surface area contributed by atoms with Crippen LogP contribution in [0.5, 0.6) is 0 Å². The van der Waals surface area contributed by atoms with Gasteiger partial charge in [-0.2, -0.15) is 0 Å². The summed E-state index contributed by atoms with van der Waals surface area (Å²) in [7, 11) is 1.83. The van der Waals surface area contributed by atoms with Gasteiger partial charge in [-0.3, -0.25) is 9.78 Å². The number of carbonyl (C=O) groups excluding carboxylic acids is 1. The van der Waals surface area contributed by atoms with Gasteiger partial charge in [0, 0.05) is 18.8 Å². The van der Waals surface area contributed by atoms with Crippen LogP contribution in [0.1, 0.15) is 16.1 Å². The van der Waals surface area contributed by atoms with Crippen molar-refractivity contribution in [2.45, 2.75) is 6.54 Å². The van der Waals surface area contributed by atoms with E-state index < -0.39 is 0 Å². The number of hydrogen-bond donors (Lipinski definition) is 1. The van der Waals surface area contributed by atoms with Gasteiger partial charge in [0.15, 0.2) is 0 Å². The molecule has 1 aromatic carbocycles. The van der Waals surface area contributed by atoms with Crippen molar-refractivity contribution < 1.29 is 4.79 Å².